The number of carbonyl (C=O) groups excluding carboxylic acids is 2. The van der Waals surface area contributed by atoms with Gasteiger partial charge in [-0.2, -0.15) is 5.10 Å². The van der Waals surface area contributed by atoms with E-state index in [1.54, 1.807) is 32.2 Å². The summed E-state index contributed by atoms with van der Waals surface area (Å²) in [6.45, 7) is 1.77. The lowest BCUT2D eigenvalue weighted by Gasteiger charge is -2.08. The van der Waals surface area contributed by atoms with Crippen molar-refractivity contribution >= 4 is 35.2 Å². The molecule has 1 heterocycles. The van der Waals surface area contributed by atoms with E-state index in [1.165, 1.54) is 6.08 Å². The third-order valence-corrected chi connectivity index (χ3v) is 3.22. The van der Waals surface area contributed by atoms with Crippen LogP contribution in [0.15, 0.2) is 36.4 Å². The zero-order chi connectivity index (χ0) is 18.2. The standard InChI is InChI=1S/C16H17N5O3S/c1-10-9-12(19-18-10)15(23)20-21-16(25)17-14(22)8-7-11-5-3-4-6-13(11)24-2/h3-9H,1-2H3,(H,18,19)(H,20,23)(H2,17,21,22,25)/b8-7+. The molecule has 9 heteroatoms. The van der Waals surface area contributed by atoms with Crippen LogP contribution in [0.1, 0.15) is 21.7 Å². The molecule has 2 rings (SSSR count). The van der Waals surface area contributed by atoms with Gasteiger partial charge in [0.15, 0.2) is 10.8 Å². The number of nitrogens with one attached hydrogen (secondary N) is 4. The average Bonchev–Trinajstić information content (AvgIpc) is 3.04. The lowest BCUT2D eigenvalue weighted by Crippen LogP contribution is -2.48. The van der Waals surface area contributed by atoms with Crippen LogP contribution in [0.5, 0.6) is 5.75 Å². The molecule has 0 saturated heterocycles. The van der Waals surface area contributed by atoms with Crippen molar-refractivity contribution in [2.75, 3.05) is 7.11 Å². The number of aromatic nitrogens is 2. The average molecular weight is 359 g/mol. The van der Waals surface area contributed by atoms with Crippen LogP contribution in [-0.2, 0) is 4.79 Å². The molecule has 0 spiro atoms. The zero-order valence-corrected chi connectivity index (χ0v) is 14.4. The number of hydrazine groups is 1. The first-order valence-electron chi connectivity index (χ1n) is 7.24. The molecule has 0 radical (unpaired) electrons. The van der Waals surface area contributed by atoms with Crippen LogP contribution < -0.4 is 20.9 Å². The molecule has 0 bridgehead atoms. The number of ether oxygens (including phenoxy) is 1. The normalized spacial score (nSPS) is 10.3. The number of hydrogen-bond donors (Lipinski definition) is 4. The highest BCUT2D eigenvalue weighted by molar-refractivity contribution is 7.80. The maximum Gasteiger partial charge on any atom is 0.290 e. The predicted octanol–water partition coefficient (Wildman–Crippen LogP) is 1.08. The zero-order valence-electron chi connectivity index (χ0n) is 13.6. The van der Waals surface area contributed by atoms with E-state index < -0.39 is 11.8 Å². The summed E-state index contributed by atoms with van der Waals surface area (Å²) in [4.78, 5) is 23.6. The Kier molecular flexibility index (Phi) is 6.24. The van der Waals surface area contributed by atoms with Gasteiger partial charge in [0.2, 0.25) is 5.91 Å². The molecule has 0 fully saturated rings. The van der Waals surface area contributed by atoms with Gasteiger partial charge in [0, 0.05) is 17.3 Å². The number of para-hydroxylation sites is 1. The molecule has 0 unspecified atom stereocenters. The summed E-state index contributed by atoms with van der Waals surface area (Å²) in [6.07, 6.45) is 2.91. The predicted molar refractivity (Wildman–Crippen MR) is 96.7 cm³/mol. The molecule has 4 N–H and O–H groups in total. The summed E-state index contributed by atoms with van der Waals surface area (Å²) in [6, 6.07) is 8.84. The Morgan fingerprint density at radius 2 is 2.04 bits per heavy atom. The van der Waals surface area contributed by atoms with Crippen LogP contribution in [0.25, 0.3) is 6.08 Å². The number of amides is 2. The lowest BCUT2D eigenvalue weighted by atomic mass is 10.2. The van der Waals surface area contributed by atoms with Gasteiger partial charge in [-0.1, -0.05) is 18.2 Å². The van der Waals surface area contributed by atoms with Gasteiger partial charge in [0.1, 0.15) is 5.75 Å². The number of carbonyl (C=O) groups is 2. The number of methoxy groups -OCH3 is 1. The summed E-state index contributed by atoms with van der Waals surface area (Å²) in [5, 5.41) is 8.82. The lowest BCUT2D eigenvalue weighted by molar-refractivity contribution is -0.115. The van der Waals surface area contributed by atoms with E-state index in [-0.39, 0.29) is 10.8 Å². The molecule has 2 aromatic rings. The summed E-state index contributed by atoms with van der Waals surface area (Å²) in [5.74, 6) is -0.285. The molecule has 8 nitrogen and oxygen atoms in total. The van der Waals surface area contributed by atoms with Crippen molar-refractivity contribution in [3.05, 3.63) is 53.4 Å². The summed E-state index contributed by atoms with van der Waals surface area (Å²) in [7, 11) is 1.55. The van der Waals surface area contributed by atoms with E-state index in [1.807, 2.05) is 18.2 Å². The van der Waals surface area contributed by atoms with E-state index in [0.717, 1.165) is 11.3 Å². The molecule has 1 aromatic carbocycles. The summed E-state index contributed by atoms with van der Waals surface area (Å²) in [5.41, 5.74) is 6.47. The number of rotatable bonds is 4. The fourth-order valence-corrected chi connectivity index (χ4v) is 2.02. The number of nitrogens with zero attached hydrogens (tertiary/aromatic N) is 1. The molecule has 0 aliphatic rings. The SMILES string of the molecule is COc1ccccc1/C=C/C(=O)NC(=S)NNC(=O)c1cc(C)[nH]n1. The van der Waals surface area contributed by atoms with Gasteiger partial charge >= 0.3 is 0 Å². The van der Waals surface area contributed by atoms with Crippen molar-refractivity contribution < 1.29 is 14.3 Å². The van der Waals surface area contributed by atoms with Crippen LogP contribution in [-0.4, -0.2) is 34.2 Å². The first-order valence-corrected chi connectivity index (χ1v) is 7.65. The van der Waals surface area contributed by atoms with E-state index >= 15 is 0 Å². The minimum absolute atomic E-state index is 0.0460. The van der Waals surface area contributed by atoms with E-state index in [9.17, 15) is 9.59 Å². The number of aryl methyl sites for hydroxylation is 1. The number of H-pyrrole nitrogens is 1. The quantitative estimate of drug-likeness (QED) is 0.370. The molecule has 0 aliphatic heterocycles. The molecule has 130 valence electrons. The third kappa shape index (κ3) is 5.43. The minimum atomic E-state index is -0.481. The molecular formula is C16H17N5O3S. The minimum Gasteiger partial charge on any atom is -0.496 e. The molecule has 25 heavy (non-hydrogen) atoms. The van der Waals surface area contributed by atoms with Crippen molar-refractivity contribution in [1.82, 2.24) is 26.4 Å². The van der Waals surface area contributed by atoms with E-state index in [0.29, 0.717) is 5.75 Å². The Morgan fingerprint density at radius 1 is 1.28 bits per heavy atom. The summed E-state index contributed by atoms with van der Waals surface area (Å²) < 4.78 is 5.19. The Morgan fingerprint density at radius 3 is 2.72 bits per heavy atom. The van der Waals surface area contributed by atoms with Crippen molar-refractivity contribution in [3.63, 3.8) is 0 Å². The van der Waals surface area contributed by atoms with Gasteiger partial charge < -0.3 is 4.74 Å². The number of hydrogen-bond acceptors (Lipinski definition) is 5. The Bertz CT molecular complexity index is 816. The van der Waals surface area contributed by atoms with Gasteiger partial charge in [0.05, 0.1) is 7.11 Å². The third-order valence-electron chi connectivity index (χ3n) is 3.02. The van der Waals surface area contributed by atoms with Gasteiger partial charge in [-0.25, -0.2) is 0 Å². The van der Waals surface area contributed by atoms with Crippen molar-refractivity contribution in [2.24, 2.45) is 0 Å². The van der Waals surface area contributed by atoms with Crippen molar-refractivity contribution in [3.8, 4) is 5.75 Å². The largest absolute Gasteiger partial charge is 0.496 e. The van der Waals surface area contributed by atoms with Crippen LogP contribution in [0, 0.1) is 6.92 Å². The highest BCUT2D eigenvalue weighted by atomic mass is 32.1. The first kappa shape index (κ1) is 18.1. The second-order valence-electron chi connectivity index (χ2n) is 4.91. The second-order valence-corrected chi connectivity index (χ2v) is 5.32. The molecule has 2 amide bonds. The van der Waals surface area contributed by atoms with Crippen LogP contribution in [0.2, 0.25) is 0 Å². The van der Waals surface area contributed by atoms with Crippen molar-refractivity contribution in [1.29, 1.82) is 0 Å². The Balaban J connectivity index is 1.82. The second kappa shape index (κ2) is 8.60. The van der Waals surface area contributed by atoms with Gasteiger partial charge in [-0.15, -0.1) is 0 Å². The molecular weight excluding hydrogens is 342 g/mol. The maximum absolute atomic E-state index is 11.8. The van der Waals surface area contributed by atoms with Gasteiger partial charge in [-0.3, -0.25) is 30.9 Å². The van der Waals surface area contributed by atoms with Crippen molar-refractivity contribution in [2.45, 2.75) is 6.92 Å². The topological polar surface area (TPSA) is 108 Å². The van der Waals surface area contributed by atoms with E-state index in [4.69, 9.17) is 17.0 Å². The first-order chi connectivity index (χ1) is 12.0. The number of thiocarbonyl (C=S) groups is 1. The van der Waals surface area contributed by atoms with Crippen LogP contribution in [0.3, 0.4) is 0 Å². The van der Waals surface area contributed by atoms with Gasteiger partial charge in [-0.05, 0) is 37.4 Å². The van der Waals surface area contributed by atoms with Gasteiger partial charge in [0.25, 0.3) is 5.91 Å². The number of aromatic amines is 1. The molecule has 0 saturated carbocycles. The molecule has 0 atom stereocenters. The van der Waals surface area contributed by atoms with Crippen LogP contribution in [0.4, 0.5) is 0 Å². The fourth-order valence-electron chi connectivity index (χ4n) is 1.87. The highest BCUT2D eigenvalue weighted by Gasteiger charge is 2.09. The molecule has 1 aromatic heterocycles. The smallest absolute Gasteiger partial charge is 0.290 e. The highest BCUT2D eigenvalue weighted by Crippen LogP contribution is 2.18. The van der Waals surface area contributed by atoms with E-state index in [2.05, 4.69) is 26.4 Å². The van der Waals surface area contributed by atoms with Crippen LogP contribution >= 0.6 is 12.2 Å². The number of benzene rings is 1. The summed E-state index contributed by atoms with van der Waals surface area (Å²) >= 11 is 4.94. The maximum atomic E-state index is 11.8. The fraction of sp³-hybridized carbons (Fsp3) is 0.125. The Labute approximate surface area is 149 Å². The Hall–Kier alpha value is -3.20. The monoisotopic (exact) mass is 359 g/mol. The molecule has 0 aliphatic carbocycles.